The Labute approximate surface area is 146 Å². The largest absolute Gasteiger partial charge is 0.870 e. The van der Waals surface area contributed by atoms with E-state index in [-0.39, 0.29) is 5.48 Å². The molecular weight excluding hydrogens is 282 g/mol. The molecule has 1 aliphatic rings. The molecule has 0 saturated heterocycles. The molecule has 1 N–H and O–H groups in total. The van der Waals surface area contributed by atoms with Crippen molar-refractivity contribution >= 4 is 0 Å². The molecule has 140 valence electrons. The highest BCUT2D eigenvalue weighted by molar-refractivity contribution is 4.69. The summed E-state index contributed by atoms with van der Waals surface area (Å²) in [6.07, 6.45) is 20.3. The minimum atomic E-state index is 0. The molecule has 0 unspecified atom stereocenters. The van der Waals surface area contributed by atoms with Gasteiger partial charge in [0.2, 0.25) is 0 Å². The first-order valence-electron chi connectivity index (χ1n) is 10.6. The smallest absolute Gasteiger partial charge is 0.0890 e. The maximum Gasteiger partial charge on any atom is 0.0890 e. The quantitative estimate of drug-likeness (QED) is 0.279. The minimum Gasteiger partial charge on any atom is -0.870 e. The number of hydrogen-bond donors (Lipinski definition) is 0. The van der Waals surface area contributed by atoms with Gasteiger partial charge in [0, 0.05) is 0 Å². The molecule has 0 aromatic heterocycles. The summed E-state index contributed by atoms with van der Waals surface area (Å²) in [5.41, 5.74) is 0. The second kappa shape index (κ2) is 14.3. The second-order valence-electron chi connectivity index (χ2n) is 7.80. The van der Waals surface area contributed by atoms with Crippen LogP contribution in [0.15, 0.2) is 0 Å². The highest BCUT2D eigenvalue weighted by Crippen LogP contribution is 2.31. The first-order chi connectivity index (χ1) is 10.8. The summed E-state index contributed by atoms with van der Waals surface area (Å²) in [6.45, 7) is 11.5. The summed E-state index contributed by atoms with van der Waals surface area (Å²) < 4.78 is 1.50. The van der Waals surface area contributed by atoms with Crippen LogP contribution in [0.3, 0.4) is 0 Å². The van der Waals surface area contributed by atoms with Gasteiger partial charge in [0.15, 0.2) is 0 Å². The van der Waals surface area contributed by atoms with E-state index in [1.807, 2.05) is 0 Å². The van der Waals surface area contributed by atoms with Crippen molar-refractivity contribution in [2.45, 2.75) is 117 Å². The molecule has 23 heavy (non-hydrogen) atoms. The van der Waals surface area contributed by atoms with E-state index in [2.05, 4.69) is 20.8 Å². The maximum absolute atomic E-state index is 2.35. The van der Waals surface area contributed by atoms with Crippen molar-refractivity contribution in [3.8, 4) is 0 Å². The van der Waals surface area contributed by atoms with Crippen LogP contribution in [-0.2, 0) is 0 Å². The molecule has 0 radical (unpaired) electrons. The lowest BCUT2D eigenvalue weighted by Crippen LogP contribution is -2.57. The molecule has 1 saturated carbocycles. The molecule has 0 spiro atoms. The molecule has 1 rings (SSSR count). The zero-order chi connectivity index (χ0) is 16.1. The van der Waals surface area contributed by atoms with Crippen molar-refractivity contribution in [2.75, 3.05) is 19.6 Å². The zero-order valence-corrected chi connectivity index (χ0v) is 16.5. The molecule has 2 heteroatoms. The highest BCUT2D eigenvalue weighted by Gasteiger charge is 2.36. The van der Waals surface area contributed by atoms with Gasteiger partial charge in [-0.2, -0.15) is 0 Å². The van der Waals surface area contributed by atoms with Crippen LogP contribution in [0.4, 0.5) is 0 Å². The van der Waals surface area contributed by atoms with Crippen molar-refractivity contribution in [3.63, 3.8) is 0 Å². The number of nitrogens with zero attached hydrogens (tertiary/aromatic N) is 1. The van der Waals surface area contributed by atoms with Gasteiger partial charge in [-0.15, -0.1) is 0 Å². The third-order valence-corrected chi connectivity index (χ3v) is 5.97. The Morgan fingerprint density at radius 3 is 1.35 bits per heavy atom. The molecule has 0 aromatic rings. The molecule has 1 aliphatic carbocycles. The minimum absolute atomic E-state index is 0. The van der Waals surface area contributed by atoms with E-state index in [1.165, 1.54) is 114 Å². The molecule has 0 aliphatic heterocycles. The Kier molecular flexibility index (Phi) is 14.2. The van der Waals surface area contributed by atoms with Crippen LogP contribution in [0.1, 0.15) is 111 Å². The first kappa shape index (κ1) is 22.9. The van der Waals surface area contributed by atoms with Crippen LogP contribution in [0.2, 0.25) is 0 Å². The molecular formula is C21H45NO. The van der Waals surface area contributed by atoms with E-state index < -0.39 is 0 Å². The Bertz CT molecular complexity index is 222. The van der Waals surface area contributed by atoms with Crippen LogP contribution < -0.4 is 0 Å². The monoisotopic (exact) mass is 327 g/mol. The summed E-state index contributed by atoms with van der Waals surface area (Å²) in [6, 6.07) is 0.999. The van der Waals surface area contributed by atoms with E-state index in [9.17, 15) is 0 Å². The van der Waals surface area contributed by atoms with Gasteiger partial charge in [0.05, 0.1) is 25.7 Å². The van der Waals surface area contributed by atoms with E-state index in [1.54, 1.807) is 0 Å². The Morgan fingerprint density at radius 2 is 1.00 bits per heavy atom. The highest BCUT2D eigenvalue weighted by atomic mass is 16.0. The number of rotatable bonds is 13. The lowest BCUT2D eigenvalue weighted by atomic mass is 9.90. The average Bonchev–Trinajstić information content (AvgIpc) is 2.56. The van der Waals surface area contributed by atoms with E-state index in [4.69, 9.17) is 0 Å². The SMILES string of the molecule is CCCCC[N+](CCCCC)(CCCCC)C1CCCCC1.[OH-]. The van der Waals surface area contributed by atoms with Gasteiger partial charge in [-0.25, -0.2) is 0 Å². The molecule has 0 heterocycles. The Balaban J connectivity index is 0.00000484. The van der Waals surface area contributed by atoms with Crippen molar-refractivity contribution < 1.29 is 9.96 Å². The first-order valence-corrected chi connectivity index (χ1v) is 10.6. The number of quaternary nitrogens is 1. The molecule has 2 nitrogen and oxygen atoms in total. The van der Waals surface area contributed by atoms with Gasteiger partial charge in [-0.3, -0.25) is 0 Å². The molecule has 0 aromatic carbocycles. The summed E-state index contributed by atoms with van der Waals surface area (Å²) >= 11 is 0. The normalized spacial score (nSPS) is 16.3. The predicted octanol–water partition coefficient (Wildman–Crippen LogP) is 6.53. The van der Waals surface area contributed by atoms with Gasteiger partial charge in [-0.1, -0.05) is 46.5 Å². The third-order valence-electron chi connectivity index (χ3n) is 5.97. The predicted molar refractivity (Wildman–Crippen MR) is 102 cm³/mol. The lowest BCUT2D eigenvalue weighted by molar-refractivity contribution is -0.953. The van der Waals surface area contributed by atoms with E-state index >= 15 is 0 Å². The molecule has 0 amide bonds. The fraction of sp³-hybridized carbons (Fsp3) is 1.00. The van der Waals surface area contributed by atoms with Crippen LogP contribution in [0.5, 0.6) is 0 Å². The van der Waals surface area contributed by atoms with Gasteiger partial charge < -0.3 is 9.96 Å². The van der Waals surface area contributed by atoms with Crippen LogP contribution in [0.25, 0.3) is 0 Å². The number of hydrogen-bond acceptors (Lipinski definition) is 1. The van der Waals surface area contributed by atoms with Crippen LogP contribution in [0, 0.1) is 0 Å². The standard InChI is InChI=1S/C21H44N.H2O/c1-4-7-13-18-22(19-14-8-5-2,20-15-9-6-3)21-16-11-10-12-17-21;/h21H,4-20H2,1-3H3;1H2/q+1;/p-1. The summed E-state index contributed by atoms with van der Waals surface area (Å²) in [7, 11) is 0. The maximum atomic E-state index is 2.35. The van der Waals surface area contributed by atoms with Crippen LogP contribution in [-0.4, -0.2) is 35.6 Å². The average molecular weight is 328 g/mol. The molecule has 0 atom stereocenters. The third kappa shape index (κ3) is 8.54. The van der Waals surface area contributed by atoms with Gasteiger partial charge in [0.1, 0.15) is 0 Å². The topological polar surface area (TPSA) is 30.0 Å². The van der Waals surface area contributed by atoms with Crippen molar-refractivity contribution in [1.29, 1.82) is 0 Å². The molecule has 0 bridgehead atoms. The van der Waals surface area contributed by atoms with Crippen molar-refractivity contribution in [3.05, 3.63) is 0 Å². The van der Waals surface area contributed by atoms with Crippen LogP contribution >= 0.6 is 0 Å². The second-order valence-corrected chi connectivity index (χ2v) is 7.80. The van der Waals surface area contributed by atoms with E-state index in [0.717, 1.165) is 6.04 Å². The van der Waals surface area contributed by atoms with Gasteiger partial charge in [-0.05, 0) is 64.2 Å². The Hall–Kier alpha value is -0.0800. The number of unbranched alkanes of at least 4 members (excludes halogenated alkanes) is 6. The zero-order valence-electron chi connectivity index (χ0n) is 16.5. The summed E-state index contributed by atoms with van der Waals surface area (Å²) in [4.78, 5) is 0. The molecule has 1 fully saturated rings. The fourth-order valence-corrected chi connectivity index (χ4v) is 4.54. The van der Waals surface area contributed by atoms with Gasteiger partial charge >= 0.3 is 0 Å². The summed E-state index contributed by atoms with van der Waals surface area (Å²) in [5, 5.41) is 0. The summed E-state index contributed by atoms with van der Waals surface area (Å²) in [5.74, 6) is 0. The van der Waals surface area contributed by atoms with Gasteiger partial charge in [0.25, 0.3) is 0 Å². The van der Waals surface area contributed by atoms with E-state index in [0.29, 0.717) is 0 Å². The van der Waals surface area contributed by atoms with Crippen molar-refractivity contribution in [1.82, 2.24) is 0 Å². The lowest BCUT2D eigenvalue weighted by Gasteiger charge is -2.47. The van der Waals surface area contributed by atoms with Crippen molar-refractivity contribution in [2.24, 2.45) is 0 Å². The fourth-order valence-electron chi connectivity index (χ4n) is 4.54. The Morgan fingerprint density at radius 1 is 0.609 bits per heavy atom.